The van der Waals surface area contributed by atoms with Crippen LogP contribution in [0.15, 0.2) is 48.5 Å². The average molecular weight is 347 g/mol. The van der Waals surface area contributed by atoms with E-state index in [2.05, 4.69) is 15.9 Å². The third-order valence-corrected chi connectivity index (χ3v) is 4.42. The Morgan fingerprint density at radius 1 is 1.19 bits per heavy atom. The molecular weight excluding hydrogens is 328 g/mol. The van der Waals surface area contributed by atoms with E-state index in [4.69, 9.17) is 4.74 Å². The predicted molar refractivity (Wildman–Crippen MR) is 89.3 cm³/mol. The van der Waals surface area contributed by atoms with E-state index in [0.717, 1.165) is 28.9 Å². The number of carbonyl (C=O) groups excluding carboxylic acids is 1. The molecule has 0 aliphatic carbocycles. The molecule has 0 saturated heterocycles. The van der Waals surface area contributed by atoms with Gasteiger partial charge >= 0.3 is 0 Å². The van der Waals surface area contributed by atoms with Crippen molar-refractivity contribution in [2.75, 3.05) is 0 Å². The second-order valence-electron chi connectivity index (χ2n) is 4.99. The molecule has 1 atom stereocenters. The van der Waals surface area contributed by atoms with Gasteiger partial charge in [-0.1, -0.05) is 53.2 Å². The quantitative estimate of drug-likeness (QED) is 0.547. The van der Waals surface area contributed by atoms with Gasteiger partial charge in [-0.3, -0.25) is 4.79 Å². The number of ether oxygens (including phenoxy) is 1. The smallest absolute Gasteiger partial charge is 0.176 e. The molecule has 0 N–H and O–H groups in total. The summed E-state index contributed by atoms with van der Waals surface area (Å²) in [5.41, 5.74) is 2.83. The van der Waals surface area contributed by atoms with E-state index in [1.54, 1.807) is 0 Å². The van der Waals surface area contributed by atoms with E-state index < -0.39 is 0 Å². The average Bonchev–Trinajstić information content (AvgIpc) is 2.52. The van der Waals surface area contributed by atoms with Gasteiger partial charge in [0.15, 0.2) is 5.78 Å². The highest BCUT2D eigenvalue weighted by molar-refractivity contribution is 9.10. The number of carbonyl (C=O) groups is 1. The van der Waals surface area contributed by atoms with Gasteiger partial charge in [-0.15, -0.1) is 0 Å². The van der Waals surface area contributed by atoms with Crippen molar-refractivity contribution in [3.05, 3.63) is 65.2 Å². The Labute approximate surface area is 134 Å². The minimum absolute atomic E-state index is 0.118. The second-order valence-corrected chi connectivity index (χ2v) is 6.10. The minimum Gasteiger partial charge on any atom is -0.489 e. The normalized spacial score (nSPS) is 12.0. The van der Waals surface area contributed by atoms with Crippen LogP contribution in [0.1, 0.15) is 34.8 Å². The zero-order valence-electron chi connectivity index (χ0n) is 12.3. The summed E-state index contributed by atoms with van der Waals surface area (Å²) in [6.45, 7) is 4.46. The van der Waals surface area contributed by atoms with Gasteiger partial charge in [-0.25, -0.2) is 0 Å². The lowest BCUT2D eigenvalue weighted by molar-refractivity contribution is 0.0989. The molecular formula is C18H19BrO2. The molecule has 0 aliphatic heterocycles. The highest BCUT2D eigenvalue weighted by Gasteiger charge is 2.17. The number of rotatable bonds is 6. The molecule has 3 heteroatoms. The molecule has 110 valence electrons. The molecule has 2 aromatic carbocycles. The Bertz CT molecular complexity index is 608. The first-order valence-electron chi connectivity index (χ1n) is 7.07. The third kappa shape index (κ3) is 4.18. The van der Waals surface area contributed by atoms with E-state index in [1.807, 2.05) is 62.4 Å². The lowest BCUT2D eigenvalue weighted by Crippen LogP contribution is -2.14. The first-order chi connectivity index (χ1) is 10.1. The summed E-state index contributed by atoms with van der Waals surface area (Å²) in [6.07, 6.45) is 0.782. The van der Waals surface area contributed by atoms with Crippen molar-refractivity contribution in [3.63, 3.8) is 0 Å². The number of alkyl halides is 1. The maximum atomic E-state index is 12.2. The molecule has 0 fully saturated rings. The fourth-order valence-corrected chi connectivity index (χ4v) is 2.34. The van der Waals surface area contributed by atoms with Gasteiger partial charge in [-0.2, -0.15) is 0 Å². The zero-order chi connectivity index (χ0) is 15.2. The van der Waals surface area contributed by atoms with Crippen LogP contribution in [-0.2, 0) is 6.61 Å². The monoisotopic (exact) mass is 346 g/mol. The van der Waals surface area contributed by atoms with Crippen molar-refractivity contribution in [3.8, 4) is 5.75 Å². The molecule has 0 heterocycles. The van der Waals surface area contributed by atoms with Crippen LogP contribution in [0.2, 0.25) is 0 Å². The van der Waals surface area contributed by atoms with E-state index in [-0.39, 0.29) is 10.6 Å². The van der Waals surface area contributed by atoms with Crippen LogP contribution in [-0.4, -0.2) is 10.6 Å². The Kier molecular flexibility index (Phi) is 5.57. The standard InChI is InChI=1S/C18H19BrO2/c1-3-17(19)18(20)16-10-9-15(11-13(16)2)21-12-14-7-5-4-6-8-14/h4-11,17H,3,12H2,1-2H3. The Balaban J connectivity index is 2.07. The number of Topliss-reactive ketones (excluding diaryl/α,β-unsaturated/α-hetero) is 1. The van der Waals surface area contributed by atoms with Crippen LogP contribution in [0.5, 0.6) is 5.75 Å². The third-order valence-electron chi connectivity index (χ3n) is 3.35. The molecule has 21 heavy (non-hydrogen) atoms. The molecule has 2 rings (SSSR count). The summed E-state index contributed by atoms with van der Waals surface area (Å²) in [5, 5.41) is 0. The summed E-state index contributed by atoms with van der Waals surface area (Å²) in [7, 11) is 0. The summed E-state index contributed by atoms with van der Waals surface area (Å²) in [4.78, 5) is 12.1. The van der Waals surface area contributed by atoms with Gasteiger partial charge < -0.3 is 4.74 Å². The molecule has 0 amide bonds. The number of hydrogen-bond acceptors (Lipinski definition) is 2. The number of aryl methyl sites for hydroxylation is 1. The van der Waals surface area contributed by atoms with Crippen molar-refractivity contribution in [1.29, 1.82) is 0 Å². The van der Waals surface area contributed by atoms with Crippen LogP contribution in [0.4, 0.5) is 0 Å². The number of ketones is 1. The second kappa shape index (κ2) is 7.41. The molecule has 0 saturated carbocycles. The largest absolute Gasteiger partial charge is 0.489 e. The van der Waals surface area contributed by atoms with Gasteiger partial charge in [0, 0.05) is 5.56 Å². The van der Waals surface area contributed by atoms with Gasteiger partial charge in [0.05, 0.1) is 4.83 Å². The predicted octanol–water partition coefficient (Wildman–Crippen LogP) is 4.93. The van der Waals surface area contributed by atoms with E-state index >= 15 is 0 Å². The topological polar surface area (TPSA) is 26.3 Å². The summed E-state index contributed by atoms with van der Waals surface area (Å²) in [6, 6.07) is 15.7. The van der Waals surface area contributed by atoms with Gasteiger partial charge in [-0.05, 0) is 42.7 Å². The fourth-order valence-electron chi connectivity index (χ4n) is 2.10. The lowest BCUT2D eigenvalue weighted by atomic mass is 10.0. The minimum atomic E-state index is -0.118. The highest BCUT2D eigenvalue weighted by Crippen LogP contribution is 2.22. The van der Waals surface area contributed by atoms with Crippen LogP contribution < -0.4 is 4.74 Å². The fraction of sp³-hybridized carbons (Fsp3) is 0.278. The maximum absolute atomic E-state index is 12.2. The molecule has 0 aliphatic rings. The first-order valence-corrected chi connectivity index (χ1v) is 7.99. The van der Waals surface area contributed by atoms with Crippen LogP contribution in [0.3, 0.4) is 0 Å². The van der Waals surface area contributed by atoms with E-state index in [1.165, 1.54) is 0 Å². The zero-order valence-corrected chi connectivity index (χ0v) is 13.9. The maximum Gasteiger partial charge on any atom is 0.176 e. The summed E-state index contributed by atoms with van der Waals surface area (Å²) in [5.74, 6) is 0.917. The number of halogens is 1. The van der Waals surface area contributed by atoms with Crippen molar-refractivity contribution < 1.29 is 9.53 Å². The summed E-state index contributed by atoms with van der Waals surface area (Å²) >= 11 is 3.41. The molecule has 0 radical (unpaired) electrons. The van der Waals surface area contributed by atoms with Crippen molar-refractivity contribution >= 4 is 21.7 Å². The number of hydrogen-bond donors (Lipinski definition) is 0. The molecule has 2 nitrogen and oxygen atoms in total. The highest BCUT2D eigenvalue weighted by atomic mass is 79.9. The summed E-state index contributed by atoms with van der Waals surface area (Å²) < 4.78 is 5.77. The van der Waals surface area contributed by atoms with Crippen LogP contribution in [0.25, 0.3) is 0 Å². The number of benzene rings is 2. The van der Waals surface area contributed by atoms with Gasteiger partial charge in [0.25, 0.3) is 0 Å². The van der Waals surface area contributed by atoms with Crippen molar-refractivity contribution in [2.45, 2.75) is 31.7 Å². The molecule has 0 aromatic heterocycles. The van der Waals surface area contributed by atoms with Crippen LogP contribution in [0, 0.1) is 6.92 Å². The van der Waals surface area contributed by atoms with E-state index in [9.17, 15) is 4.79 Å². The molecule has 0 spiro atoms. The van der Waals surface area contributed by atoms with E-state index in [0.29, 0.717) is 6.61 Å². The van der Waals surface area contributed by atoms with Crippen LogP contribution >= 0.6 is 15.9 Å². The molecule has 2 aromatic rings. The van der Waals surface area contributed by atoms with Gasteiger partial charge in [0.2, 0.25) is 0 Å². The van der Waals surface area contributed by atoms with Crippen molar-refractivity contribution in [1.82, 2.24) is 0 Å². The SMILES string of the molecule is CCC(Br)C(=O)c1ccc(OCc2ccccc2)cc1C. The molecule has 1 unspecified atom stereocenters. The van der Waals surface area contributed by atoms with Crippen molar-refractivity contribution in [2.24, 2.45) is 0 Å². The Hall–Kier alpha value is -1.61. The molecule has 0 bridgehead atoms. The lowest BCUT2D eigenvalue weighted by Gasteiger charge is -2.11. The Morgan fingerprint density at radius 3 is 2.52 bits per heavy atom. The van der Waals surface area contributed by atoms with Gasteiger partial charge in [0.1, 0.15) is 12.4 Å². The Morgan fingerprint density at radius 2 is 1.90 bits per heavy atom. The first kappa shape index (κ1) is 15.8.